The maximum Gasteiger partial charge on any atom is 0.429 e. The van der Waals surface area contributed by atoms with Crippen LogP contribution in [0.1, 0.15) is 52.1 Å². The Balaban J connectivity index is 2.09. The molecular formula is C20H19F3O4. The Bertz CT molecular complexity index is 755. The summed E-state index contributed by atoms with van der Waals surface area (Å²) in [4.78, 5) is 23.9. The zero-order chi connectivity index (χ0) is 19.9. The van der Waals surface area contributed by atoms with Gasteiger partial charge in [0.1, 0.15) is 0 Å². The highest BCUT2D eigenvalue weighted by atomic mass is 19.4. The van der Waals surface area contributed by atoms with E-state index in [2.05, 4.69) is 4.74 Å². The van der Waals surface area contributed by atoms with E-state index in [-0.39, 0.29) is 23.3 Å². The van der Waals surface area contributed by atoms with Gasteiger partial charge in [-0.05, 0) is 30.7 Å². The van der Waals surface area contributed by atoms with Gasteiger partial charge in [0.2, 0.25) is 6.10 Å². The third-order valence-corrected chi connectivity index (χ3v) is 3.71. The Labute approximate surface area is 154 Å². The topological polar surface area (TPSA) is 52.6 Å². The molecule has 0 bridgehead atoms. The van der Waals surface area contributed by atoms with Crippen molar-refractivity contribution in [3.8, 4) is 0 Å². The molecule has 0 N–H and O–H groups in total. The number of hydrogen-bond donors (Lipinski definition) is 0. The molecule has 0 spiro atoms. The Morgan fingerprint density at radius 3 is 2.00 bits per heavy atom. The van der Waals surface area contributed by atoms with Gasteiger partial charge in [-0.1, -0.05) is 43.7 Å². The number of hydrogen-bond acceptors (Lipinski definition) is 4. The number of ether oxygens (including phenoxy) is 2. The molecule has 0 heterocycles. The third kappa shape index (κ3) is 5.84. The molecule has 144 valence electrons. The smallest absolute Gasteiger partial charge is 0.429 e. The molecule has 4 nitrogen and oxygen atoms in total. The van der Waals surface area contributed by atoms with Gasteiger partial charge in [-0.2, -0.15) is 13.2 Å². The minimum absolute atomic E-state index is 0.0923. The fraction of sp³-hybridized carbons (Fsp3) is 0.300. The normalized spacial score (nSPS) is 12.3. The van der Waals surface area contributed by atoms with Crippen LogP contribution in [0.4, 0.5) is 13.2 Å². The lowest BCUT2D eigenvalue weighted by atomic mass is 10.1. The van der Waals surface area contributed by atoms with Gasteiger partial charge < -0.3 is 9.47 Å². The summed E-state index contributed by atoms with van der Waals surface area (Å²) in [7, 11) is 0. The van der Waals surface area contributed by atoms with Crippen LogP contribution in [-0.4, -0.2) is 24.7 Å². The van der Waals surface area contributed by atoms with E-state index < -0.39 is 24.2 Å². The van der Waals surface area contributed by atoms with Gasteiger partial charge in [-0.15, -0.1) is 0 Å². The number of halogens is 3. The number of carbonyl (C=O) groups excluding carboxylic acids is 2. The second-order valence-corrected chi connectivity index (χ2v) is 5.80. The van der Waals surface area contributed by atoms with Crippen molar-refractivity contribution in [3.63, 3.8) is 0 Å². The van der Waals surface area contributed by atoms with Gasteiger partial charge in [0.15, 0.2) is 0 Å². The molecule has 1 unspecified atom stereocenters. The molecule has 0 fully saturated rings. The summed E-state index contributed by atoms with van der Waals surface area (Å²) in [5, 5.41) is 0. The van der Waals surface area contributed by atoms with Gasteiger partial charge in [-0.3, -0.25) is 0 Å². The molecule has 0 radical (unpaired) electrons. The Morgan fingerprint density at radius 2 is 1.48 bits per heavy atom. The fourth-order valence-corrected chi connectivity index (χ4v) is 2.26. The molecule has 2 aromatic rings. The highest BCUT2D eigenvalue weighted by Gasteiger charge is 2.44. The Kier molecular flexibility index (Phi) is 6.98. The predicted octanol–water partition coefficient (Wildman–Crippen LogP) is 5.10. The van der Waals surface area contributed by atoms with E-state index in [1.165, 1.54) is 48.5 Å². The third-order valence-electron chi connectivity index (χ3n) is 3.71. The van der Waals surface area contributed by atoms with Crippen LogP contribution >= 0.6 is 0 Å². The summed E-state index contributed by atoms with van der Waals surface area (Å²) >= 11 is 0. The van der Waals surface area contributed by atoms with Crippen LogP contribution in [-0.2, 0) is 9.47 Å². The monoisotopic (exact) mass is 380 g/mol. The molecule has 0 aromatic heterocycles. The summed E-state index contributed by atoms with van der Waals surface area (Å²) < 4.78 is 49.5. The van der Waals surface area contributed by atoms with Gasteiger partial charge in [0.25, 0.3) is 0 Å². The average Bonchev–Trinajstić information content (AvgIpc) is 2.66. The molecule has 0 aliphatic rings. The van der Waals surface area contributed by atoms with Crippen molar-refractivity contribution < 1.29 is 32.2 Å². The first-order valence-corrected chi connectivity index (χ1v) is 8.42. The zero-order valence-electron chi connectivity index (χ0n) is 14.7. The summed E-state index contributed by atoms with van der Waals surface area (Å²) in [6.07, 6.45) is -5.51. The molecule has 0 saturated heterocycles. The predicted molar refractivity (Wildman–Crippen MR) is 92.3 cm³/mol. The number of esters is 2. The van der Waals surface area contributed by atoms with Crippen LogP contribution in [0.5, 0.6) is 0 Å². The van der Waals surface area contributed by atoms with Crippen LogP contribution in [0.25, 0.3) is 0 Å². The first-order valence-electron chi connectivity index (χ1n) is 8.42. The zero-order valence-corrected chi connectivity index (χ0v) is 14.7. The molecule has 7 heteroatoms. The standard InChI is InChI=1S/C20H19F3O4/c1-2-3-13-26-18(24)15-9-11-16(12-10-15)19(25)27-17(20(21,22)23)14-7-5-4-6-8-14/h4-12,17H,2-3,13H2,1H3. The molecule has 0 saturated carbocycles. The SMILES string of the molecule is CCCCOC(=O)c1ccc(C(=O)OC(c2ccccc2)C(F)(F)F)cc1. The lowest BCUT2D eigenvalue weighted by molar-refractivity contribution is -0.207. The van der Waals surface area contributed by atoms with Gasteiger partial charge in [0, 0.05) is 5.56 Å². The first-order chi connectivity index (χ1) is 12.8. The van der Waals surface area contributed by atoms with Crippen LogP contribution in [0, 0.1) is 0 Å². The van der Waals surface area contributed by atoms with E-state index in [1.807, 2.05) is 6.92 Å². The number of benzene rings is 2. The molecule has 1 atom stereocenters. The highest BCUT2D eigenvalue weighted by Crippen LogP contribution is 2.36. The molecule has 0 aliphatic carbocycles. The van der Waals surface area contributed by atoms with Gasteiger partial charge in [-0.25, -0.2) is 9.59 Å². The van der Waals surface area contributed by atoms with Crippen molar-refractivity contribution in [1.82, 2.24) is 0 Å². The second-order valence-electron chi connectivity index (χ2n) is 5.80. The van der Waals surface area contributed by atoms with Crippen molar-refractivity contribution in [1.29, 1.82) is 0 Å². The van der Waals surface area contributed by atoms with E-state index in [0.29, 0.717) is 0 Å². The van der Waals surface area contributed by atoms with Crippen molar-refractivity contribution in [2.24, 2.45) is 0 Å². The summed E-state index contributed by atoms with van der Waals surface area (Å²) in [6.45, 7) is 2.24. The van der Waals surface area contributed by atoms with E-state index >= 15 is 0 Å². The van der Waals surface area contributed by atoms with E-state index in [4.69, 9.17) is 4.74 Å². The first kappa shape index (κ1) is 20.5. The van der Waals surface area contributed by atoms with Crippen molar-refractivity contribution in [3.05, 3.63) is 71.3 Å². The summed E-state index contributed by atoms with van der Waals surface area (Å²) in [6, 6.07) is 12.0. The summed E-state index contributed by atoms with van der Waals surface area (Å²) in [5.41, 5.74) is -0.0576. The van der Waals surface area contributed by atoms with Gasteiger partial charge >= 0.3 is 18.1 Å². The van der Waals surface area contributed by atoms with Crippen molar-refractivity contribution in [2.45, 2.75) is 32.0 Å². The van der Waals surface area contributed by atoms with E-state index in [0.717, 1.165) is 12.8 Å². The minimum Gasteiger partial charge on any atom is -0.462 e. The Morgan fingerprint density at radius 1 is 0.926 bits per heavy atom. The highest BCUT2D eigenvalue weighted by molar-refractivity contribution is 5.93. The fourth-order valence-electron chi connectivity index (χ4n) is 2.26. The lowest BCUT2D eigenvalue weighted by Gasteiger charge is -2.21. The molecule has 0 aliphatic heterocycles. The second kappa shape index (κ2) is 9.21. The van der Waals surface area contributed by atoms with Gasteiger partial charge in [0.05, 0.1) is 17.7 Å². The number of rotatable bonds is 7. The van der Waals surface area contributed by atoms with Crippen molar-refractivity contribution >= 4 is 11.9 Å². The molecule has 2 aromatic carbocycles. The molecule has 27 heavy (non-hydrogen) atoms. The number of alkyl halides is 3. The van der Waals surface area contributed by atoms with Crippen molar-refractivity contribution in [2.75, 3.05) is 6.61 Å². The maximum atomic E-state index is 13.3. The molecular weight excluding hydrogens is 361 g/mol. The molecule has 2 rings (SSSR count). The van der Waals surface area contributed by atoms with Crippen LogP contribution in [0.2, 0.25) is 0 Å². The quantitative estimate of drug-likeness (QED) is 0.495. The largest absolute Gasteiger partial charge is 0.462 e. The molecule has 0 amide bonds. The summed E-state index contributed by atoms with van der Waals surface area (Å²) in [5.74, 6) is -1.69. The van der Waals surface area contributed by atoms with Crippen LogP contribution in [0.3, 0.4) is 0 Å². The van der Waals surface area contributed by atoms with E-state index in [9.17, 15) is 22.8 Å². The Hall–Kier alpha value is -2.83. The average molecular weight is 380 g/mol. The number of carbonyl (C=O) groups is 2. The number of unbranched alkanes of at least 4 members (excludes halogenated alkanes) is 1. The van der Waals surface area contributed by atoms with Crippen LogP contribution in [0.15, 0.2) is 54.6 Å². The maximum absolute atomic E-state index is 13.3. The van der Waals surface area contributed by atoms with E-state index in [1.54, 1.807) is 6.07 Å². The van der Waals surface area contributed by atoms with Crippen LogP contribution < -0.4 is 0 Å². The minimum atomic E-state index is -4.75. The lowest BCUT2D eigenvalue weighted by Crippen LogP contribution is -2.26.